The minimum Gasteiger partial charge on any atom is -0.310 e. The van der Waals surface area contributed by atoms with E-state index in [2.05, 4.69) is 247 Å². The van der Waals surface area contributed by atoms with Crippen LogP contribution in [0.1, 0.15) is 74.9 Å². The van der Waals surface area contributed by atoms with Crippen molar-refractivity contribution in [1.29, 1.82) is 0 Å². The van der Waals surface area contributed by atoms with Crippen molar-refractivity contribution in [2.45, 2.75) is 57.8 Å². The van der Waals surface area contributed by atoms with Gasteiger partial charge in [-0.05, 0) is 149 Å². The highest BCUT2D eigenvalue weighted by Gasteiger charge is 2.38. The van der Waals surface area contributed by atoms with E-state index < -0.39 is 0 Å². The Hall–Kier alpha value is -7.22. The lowest BCUT2D eigenvalue weighted by molar-refractivity contribution is 0.660. The summed E-state index contributed by atoms with van der Waals surface area (Å²) in [6, 6.07) is 75.2. The number of hydrogen-bond donors (Lipinski definition) is 0. The van der Waals surface area contributed by atoms with E-state index in [1.807, 2.05) is 0 Å². The molecular formula is C63H51N. The summed E-state index contributed by atoms with van der Waals surface area (Å²) in [5, 5.41) is 0. The van der Waals surface area contributed by atoms with Gasteiger partial charge in [0, 0.05) is 33.3 Å². The molecule has 0 heterocycles. The summed E-state index contributed by atoms with van der Waals surface area (Å²) >= 11 is 0. The van der Waals surface area contributed by atoms with Gasteiger partial charge in [-0.1, -0.05) is 193 Å². The van der Waals surface area contributed by atoms with Gasteiger partial charge in [0.2, 0.25) is 0 Å². The highest BCUT2D eigenvalue weighted by molar-refractivity contribution is 5.91. The third-order valence-electron chi connectivity index (χ3n) is 15.1. The van der Waals surface area contributed by atoms with Crippen molar-refractivity contribution in [3.8, 4) is 66.8 Å². The Morgan fingerprint density at radius 1 is 0.250 bits per heavy atom. The van der Waals surface area contributed by atoms with Crippen molar-refractivity contribution in [3.63, 3.8) is 0 Å². The van der Waals surface area contributed by atoms with Crippen LogP contribution in [0, 0.1) is 0 Å². The second kappa shape index (κ2) is 13.9. The smallest absolute Gasteiger partial charge is 0.0467 e. The molecule has 12 rings (SSSR count). The van der Waals surface area contributed by atoms with Crippen LogP contribution in [0.4, 0.5) is 17.1 Å². The van der Waals surface area contributed by atoms with Crippen LogP contribution in [0.2, 0.25) is 0 Å². The molecule has 0 amide bonds. The van der Waals surface area contributed by atoms with Gasteiger partial charge in [0.15, 0.2) is 0 Å². The monoisotopic (exact) mass is 821 g/mol. The van der Waals surface area contributed by atoms with Gasteiger partial charge in [0.05, 0.1) is 0 Å². The lowest BCUT2D eigenvalue weighted by atomic mass is 9.79. The molecule has 0 radical (unpaired) electrons. The summed E-state index contributed by atoms with van der Waals surface area (Å²) in [7, 11) is 0. The molecule has 0 spiro atoms. The third-order valence-corrected chi connectivity index (χ3v) is 15.1. The molecule has 0 atom stereocenters. The first kappa shape index (κ1) is 38.5. The molecule has 9 aromatic carbocycles. The zero-order valence-corrected chi connectivity index (χ0v) is 37.5. The summed E-state index contributed by atoms with van der Waals surface area (Å²) in [6.45, 7) is 14.1. The summed E-state index contributed by atoms with van der Waals surface area (Å²) in [5.41, 5.74) is 27.0. The van der Waals surface area contributed by atoms with Crippen LogP contribution >= 0.6 is 0 Å². The number of rotatable bonds is 6. The van der Waals surface area contributed by atoms with Gasteiger partial charge in [0.25, 0.3) is 0 Å². The average Bonchev–Trinajstić information content (AvgIpc) is 3.81. The zero-order valence-electron chi connectivity index (χ0n) is 37.5. The number of fused-ring (bicyclic) bond motifs is 9. The van der Waals surface area contributed by atoms with Gasteiger partial charge in [-0.25, -0.2) is 0 Å². The maximum atomic E-state index is 2.43. The van der Waals surface area contributed by atoms with Gasteiger partial charge in [-0.15, -0.1) is 0 Å². The standard InChI is InChI=1S/C63H51N/c1-61(2)55-25-10-8-21-50(55)53-38-43(30-34-58(53)61)41-16-13-18-46(36-41)64(45-32-28-40(29-33-45)48-23-15-24-52-49-20-7-12-27-57(49)63(5,6)60(48)52)47-19-14-17-42(37-47)44-31-35-59-54(39-44)51-22-9-11-26-56(51)62(59,3)4/h7-39H,1-6H3. The Morgan fingerprint density at radius 3 is 1.14 bits per heavy atom. The molecule has 3 aliphatic rings. The highest BCUT2D eigenvalue weighted by atomic mass is 15.1. The van der Waals surface area contributed by atoms with Crippen LogP contribution in [0.15, 0.2) is 200 Å². The average molecular weight is 822 g/mol. The number of nitrogens with zero attached hydrogens (tertiary/aromatic N) is 1. The molecule has 9 aromatic rings. The fraction of sp³-hybridized carbons (Fsp3) is 0.143. The molecule has 0 aliphatic heterocycles. The molecule has 0 bridgehead atoms. The first-order valence-corrected chi connectivity index (χ1v) is 22.8. The van der Waals surface area contributed by atoms with Crippen molar-refractivity contribution in [2.24, 2.45) is 0 Å². The van der Waals surface area contributed by atoms with Crippen LogP contribution in [-0.4, -0.2) is 0 Å². The molecule has 0 unspecified atom stereocenters. The van der Waals surface area contributed by atoms with Crippen molar-refractivity contribution >= 4 is 17.1 Å². The summed E-state index contributed by atoms with van der Waals surface area (Å²) < 4.78 is 0. The molecule has 1 nitrogen and oxygen atoms in total. The Labute approximate surface area is 378 Å². The molecule has 64 heavy (non-hydrogen) atoms. The molecular weight excluding hydrogens is 771 g/mol. The molecule has 0 saturated carbocycles. The number of anilines is 3. The molecule has 308 valence electrons. The second-order valence-electron chi connectivity index (χ2n) is 19.7. The Bertz CT molecular complexity index is 3210. The molecule has 3 aliphatic carbocycles. The van der Waals surface area contributed by atoms with E-state index in [1.165, 1.54) is 100 Å². The molecule has 0 fully saturated rings. The first-order chi connectivity index (χ1) is 31.0. The van der Waals surface area contributed by atoms with Gasteiger partial charge in [-0.3, -0.25) is 0 Å². The molecule has 1 heteroatoms. The van der Waals surface area contributed by atoms with Crippen LogP contribution in [0.3, 0.4) is 0 Å². The van der Waals surface area contributed by atoms with E-state index in [0.717, 1.165) is 17.1 Å². The lowest BCUT2D eigenvalue weighted by Crippen LogP contribution is -2.16. The van der Waals surface area contributed by atoms with E-state index in [4.69, 9.17) is 0 Å². The van der Waals surface area contributed by atoms with Crippen molar-refractivity contribution in [3.05, 3.63) is 234 Å². The minimum atomic E-state index is -0.0983. The Balaban J connectivity index is 0.979. The fourth-order valence-electron chi connectivity index (χ4n) is 11.8. The summed E-state index contributed by atoms with van der Waals surface area (Å²) in [5.74, 6) is 0. The van der Waals surface area contributed by atoms with E-state index in [0.29, 0.717) is 0 Å². The van der Waals surface area contributed by atoms with Gasteiger partial charge >= 0.3 is 0 Å². The molecule has 0 aromatic heterocycles. The van der Waals surface area contributed by atoms with E-state index >= 15 is 0 Å². The number of hydrogen-bond acceptors (Lipinski definition) is 1. The molecule has 0 saturated heterocycles. The van der Waals surface area contributed by atoms with E-state index in [-0.39, 0.29) is 16.2 Å². The van der Waals surface area contributed by atoms with Crippen LogP contribution in [0.25, 0.3) is 66.8 Å². The van der Waals surface area contributed by atoms with Gasteiger partial charge < -0.3 is 4.90 Å². The highest BCUT2D eigenvalue weighted by Crippen LogP contribution is 2.54. The largest absolute Gasteiger partial charge is 0.310 e. The van der Waals surface area contributed by atoms with Crippen LogP contribution in [0.5, 0.6) is 0 Å². The third kappa shape index (κ3) is 5.63. The topological polar surface area (TPSA) is 3.24 Å². The van der Waals surface area contributed by atoms with E-state index in [1.54, 1.807) is 0 Å². The predicted molar refractivity (Wildman–Crippen MR) is 270 cm³/mol. The minimum absolute atomic E-state index is 0.0295. The molecule has 0 N–H and O–H groups in total. The van der Waals surface area contributed by atoms with Gasteiger partial charge in [0.1, 0.15) is 0 Å². The Morgan fingerprint density at radius 2 is 0.625 bits per heavy atom. The maximum absolute atomic E-state index is 2.43. The van der Waals surface area contributed by atoms with E-state index in [9.17, 15) is 0 Å². The van der Waals surface area contributed by atoms with Crippen molar-refractivity contribution in [1.82, 2.24) is 0 Å². The van der Waals surface area contributed by atoms with Gasteiger partial charge in [-0.2, -0.15) is 0 Å². The van der Waals surface area contributed by atoms with Crippen LogP contribution < -0.4 is 4.90 Å². The normalized spacial score (nSPS) is 15.1. The fourth-order valence-corrected chi connectivity index (χ4v) is 11.8. The van der Waals surface area contributed by atoms with Crippen molar-refractivity contribution < 1.29 is 0 Å². The number of benzene rings is 9. The second-order valence-corrected chi connectivity index (χ2v) is 19.7. The summed E-state index contributed by atoms with van der Waals surface area (Å²) in [4.78, 5) is 2.43. The lowest BCUT2D eigenvalue weighted by Gasteiger charge is -2.27. The first-order valence-electron chi connectivity index (χ1n) is 22.8. The van der Waals surface area contributed by atoms with Crippen molar-refractivity contribution in [2.75, 3.05) is 4.90 Å². The maximum Gasteiger partial charge on any atom is 0.0467 e. The predicted octanol–water partition coefficient (Wildman–Crippen LogP) is 17.1. The summed E-state index contributed by atoms with van der Waals surface area (Å²) in [6.07, 6.45) is 0. The quantitative estimate of drug-likeness (QED) is 0.161. The Kier molecular flexibility index (Phi) is 8.35. The zero-order chi connectivity index (χ0) is 43.5. The SMILES string of the molecule is CC1(C)c2ccccc2-c2cc(-c3cccc(N(c4ccc(-c5cccc6c5C(C)(C)c5ccccc5-6)cc4)c4cccc(-c5ccc6c(c5)-c5ccccc5C6(C)C)c4)c3)ccc21. The van der Waals surface area contributed by atoms with Crippen LogP contribution in [-0.2, 0) is 16.2 Å².